The van der Waals surface area contributed by atoms with Crippen LogP contribution in [0.15, 0.2) is 23.3 Å². The fraction of sp³-hybridized carbons (Fsp3) is 0.778. The van der Waals surface area contributed by atoms with E-state index in [0.717, 1.165) is 19.0 Å². The summed E-state index contributed by atoms with van der Waals surface area (Å²) in [5.41, 5.74) is 3.30. The quantitative estimate of drug-likeness (QED) is 0.555. The van der Waals surface area contributed by atoms with Crippen molar-refractivity contribution in [3.63, 3.8) is 0 Å². The van der Waals surface area contributed by atoms with E-state index in [0.29, 0.717) is 5.41 Å². The van der Waals surface area contributed by atoms with Gasteiger partial charge in [-0.05, 0) is 57.9 Å². The van der Waals surface area contributed by atoms with Crippen LogP contribution in [0.25, 0.3) is 0 Å². The van der Waals surface area contributed by atoms with Gasteiger partial charge in [-0.15, -0.1) is 0 Å². The fourth-order valence-corrected chi connectivity index (χ4v) is 1.91. The van der Waals surface area contributed by atoms with Gasteiger partial charge in [0.2, 0.25) is 0 Å². The molecule has 0 heterocycles. The molecule has 0 rings (SSSR count). The molecule has 0 spiro atoms. The zero-order chi connectivity index (χ0) is 14.9. The molecule has 1 nitrogen and oxygen atoms in total. The van der Waals surface area contributed by atoms with Gasteiger partial charge in [-0.25, -0.2) is 0 Å². The summed E-state index contributed by atoms with van der Waals surface area (Å²) in [6.07, 6.45) is 8.29. The molecule has 19 heavy (non-hydrogen) atoms. The first kappa shape index (κ1) is 18.4. The van der Waals surface area contributed by atoms with E-state index in [1.54, 1.807) is 0 Å². The average Bonchev–Trinajstić information content (AvgIpc) is 2.25. The van der Waals surface area contributed by atoms with E-state index in [1.165, 1.54) is 30.4 Å². The van der Waals surface area contributed by atoms with Crippen molar-refractivity contribution in [3.8, 4) is 0 Å². The van der Waals surface area contributed by atoms with Crippen molar-refractivity contribution in [2.24, 2.45) is 11.3 Å². The lowest BCUT2D eigenvalue weighted by molar-refractivity contribution is 0.335. The molecule has 112 valence electrons. The standard InChI is InChI=1S/C18H35N/c1-15(2)9-8-10-17(5)11-12-18(6,7)14-19-13-16(3)4/h9,11,16,19H,8,10,12-14H2,1-7H3. The molecule has 1 N–H and O–H groups in total. The summed E-state index contributed by atoms with van der Waals surface area (Å²) < 4.78 is 0. The zero-order valence-corrected chi connectivity index (χ0v) is 14.3. The van der Waals surface area contributed by atoms with Gasteiger partial charge in [-0.3, -0.25) is 0 Å². The van der Waals surface area contributed by atoms with E-state index >= 15 is 0 Å². The number of hydrogen-bond donors (Lipinski definition) is 1. The molecule has 0 radical (unpaired) electrons. The van der Waals surface area contributed by atoms with E-state index in [2.05, 4.69) is 65.9 Å². The van der Waals surface area contributed by atoms with Gasteiger partial charge in [0.1, 0.15) is 0 Å². The van der Waals surface area contributed by atoms with E-state index in [4.69, 9.17) is 0 Å². The summed E-state index contributed by atoms with van der Waals surface area (Å²) >= 11 is 0. The molecule has 0 atom stereocenters. The van der Waals surface area contributed by atoms with Crippen molar-refractivity contribution in [1.82, 2.24) is 5.32 Å². The van der Waals surface area contributed by atoms with Crippen LogP contribution in [-0.4, -0.2) is 13.1 Å². The summed E-state index contributed by atoms with van der Waals surface area (Å²) in [6, 6.07) is 0. The minimum Gasteiger partial charge on any atom is -0.316 e. The van der Waals surface area contributed by atoms with E-state index in [9.17, 15) is 0 Å². The first-order valence-electron chi connectivity index (χ1n) is 7.72. The number of nitrogens with one attached hydrogen (secondary N) is 1. The maximum absolute atomic E-state index is 3.57. The molecular weight excluding hydrogens is 230 g/mol. The molecule has 0 unspecified atom stereocenters. The normalized spacial score (nSPS) is 12.9. The van der Waals surface area contributed by atoms with Gasteiger partial charge in [-0.2, -0.15) is 0 Å². The third-order valence-electron chi connectivity index (χ3n) is 3.25. The number of rotatable bonds is 9. The third-order valence-corrected chi connectivity index (χ3v) is 3.25. The Labute approximate surface area is 121 Å². The van der Waals surface area contributed by atoms with Crippen LogP contribution in [0.4, 0.5) is 0 Å². The lowest BCUT2D eigenvalue weighted by Crippen LogP contribution is -2.31. The third kappa shape index (κ3) is 12.2. The molecule has 0 aliphatic rings. The smallest absolute Gasteiger partial charge is 0.000560 e. The fourth-order valence-electron chi connectivity index (χ4n) is 1.91. The van der Waals surface area contributed by atoms with Gasteiger partial charge in [0.25, 0.3) is 0 Å². The van der Waals surface area contributed by atoms with E-state index < -0.39 is 0 Å². The highest BCUT2D eigenvalue weighted by atomic mass is 14.9. The van der Waals surface area contributed by atoms with Crippen molar-refractivity contribution >= 4 is 0 Å². The Morgan fingerprint density at radius 3 is 2.26 bits per heavy atom. The van der Waals surface area contributed by atoms with Gasteiger partial charge < -0.3 is 5.32 Å². The largest absolute Gasteiger partial charge is 0.316 e. The van der Waals surface area contributed by atoms with Crippen molar-refractivity contribution in [3.05, 3.63) is 23.3 Å². The number of allylic oxidation sites excluding steroid dienone is 4. The molecule has 0 aromatic heterocycles. The minimum absolute atomic E-state index is 0.354. The summed E-state index contributed by atoms with van der Waals surface area (Å²) in [5.74, 6) is 0.733. The Balaban J connectivity index is 4.01. The van der Waals surface area contributed by atoms with Gasteiger partial charge >= 0.3 is 0 Å². The Morgan fingerprint density at radius 2 is 1.74 bits per heavy atom. The minimum atomic E-state index is 0.354. The molecular formula is C18H35N. The van der Waals surface area contributed by atoms with Crippen LogP contribution in [0.2, 0.25) is 0 Å². The van der Waals surface area contributed by atoms with E-state index in [1.807, 2.05) is 0 Å². The highest BCUT2D eigenvalue weighted by Gasteiger charge is 2.15. The second kappa shape index (κ2) is 9.36. The molecule has 0 saturated carbocycles. The summed E-state index contributed by atoms with van der Waals surface area (Å²) in [6.45, 7) is 18.0. The van der Waals surface area contributed by atoms with Crippen molar-refractivity contribution in [2.45, 2.75) is 67.7 Å². The van der Waals surface area contributed by atoms with Crippen molar-refractivity contribution in [1.29, 1.82) is 0 Å². The molecule has 0 amide bonds. The van der Waals surface area contributed by atoms with Gasteiger partial charge in [0.15, 0.2) is 0 Å². The van der Waals surface area contributed by atoms with Crippen LogP contribution in [0.5, 0.6) is 0 Å². The van der Waals surface area contributed by atoms with Crippen LogP contribution in [0, 0.1) is 11.3 Å². The molecule has 1 heteroatoms. The van der Waals surface area contributed by atoms with E-state index in [-0.39, 0.29) is 0 Å². The molecule has 0 bridgehead atoms. The van der Waals surface area contributed by atoms with Crippen LogP contribution < -0.4 is 5.32 Å². The maximum Gasteiger partial charge on any atom is 0.000560 e. The molecule has 0 saturated heterocycles. The highest BCUT2D eigenvalue weighted by molar-refractivity contribution is 5.03. The molecule has 0 aromatic rings. The topological polar surface area (TPSA) is 12.0 Å². The van der Waals surface area contributed by atoms with Crippen LogP contribution >= 0.6 is 0 Å². The predicted molar refractivity (Wildman–Crippen MR) is 88.5 cm³/mol. The predicted octanol–water partition coefficient (Wildman–Crippen LogP) is 5.34. The zero-order valence-electron chi connectivity index (χ0n) is 14.3. The van der Waals surface area contributed by atoms with Gasteiger partial charge in [0.05, 0.1) is 0 Å². The SMILES string of the molecule is CC(C)=CCCC(C)=CCC(C)(C)CNCC(C)C. The Hall–Kier alpha value is -0.560. The molecule has 0 aromatic carbocycles. The average molecular weight is 265 g/mol. The Bertz CT molecular complexity index is 291. The maximum atomic E-state index is 3.57. The Morgan fingerprint density at radius 1 is 1.11 bits per heavy atom. The van der Waals surface area contributed by atoms with Crippen molar-refractivity contribution < 1.29 is 0 Å². The summed E-state index contributed by atoms with van der Waals surface area (Å²) in [4.78, 5) is 0. The second-order valence-electron chi connectivity index (χ2n) is 7.26. The van der Waals surface area contributed by atoms with Crippen molar-refractivity contribution in [2.75, 3.05) is 13.1 Å². The number of hydrogen-bond acceptors (Lipinski definition) is 1. The Kier molecular flexibility index (Phi) is 9.08. The van der Waals surface area contributed by atoms with Gasteiger partial charge in [0, 0.05) is 6.54 Å². The lowest BCUT2D eigenvalue weighted by atomic mass is 9.88. The first-order chi connectivity index (χ1) is 8.73. The van der Waals surface area contributed by atoms with Crippen LogP contribution in [0.1, 0.15) is 67.7 Å². The lowest BCUT2D eigenvalue weighted by Gasteiger charge is -2.24. The molecule has 0 fully saturated rings. The van der Waals surface area contributed by atoms with Gasteiger partial charge in [-0.1, -0.05) is 51.0 Å². The monoisotopic (exact) mass is 265 g/mol. The van der Waals surface area contributed by atoms with Crippen LogP contribution in [0.3, 0.4) is 0 Å². The molecule has 0 aliphatic carbocycles. The second-order valence-corrected chi connectivity index (χ2v) is 7.26. The highest BCUT2D eigenvalue weighted by Crippen LogP contribution is 2.21. The summed E-state index contributed by atoms with van der Waals surface area (Å²) in [5, 5.41) is 3.57. The molecule has 0 aliphatic heterocycles. The first-order valence-corrected chi connectivity index (χ1v) is 7.72. The van der Waals surface area contributed by atoms with Crippen LogP contribution in [-0.2, 0) is 0 Å². The summed E-state index contributed by atoms with van der Waals surface area (Å²) in [7, 11) is 0.